The van der Waals surface area contributed by atoms with Crippen LogP contribution in [0.25, 0.3) is 0 Å². The Morgan fingerprint density at radius 3 is 1.47 bits per heavy atom. The van der Waals surface area contributed by atoms with E-state index in [0.717, 1.165) is 25.7 Å². The summed E-state index contributed by atoms with van der Waals surface area (Å²) in [6.07, 6.45) is 13.6. The van der Waals surface area contributed by atoms with Gasteiger partial charge in [0.05, 0.1) is 24.0 Å². The molecule has 62 heavy (non-hydrogen) atoms. The first-order chi connectivity index (χ1) is 30.2. The number of unbranched alkanes of at least 4 members (excludes halogenated alkanes) is 9. The molecule has 2 saturated heterocycles. The topological polar surface area (TPSA) is 149 Å². The predicted octanol–water partition coefficient (Wildman–Crippen LogP) is 6.78. The molecule has 4 N–H and O–H groups in total. The number of hydrogen-bond donors (Lipinski definition) is 4. The summed E-state index contributed by atoms with van der Waals surface area (Å²) in [5.74, 6) is -1.86. The maximum absolute atomic E-state index is 14.0. The smallest absolute Gasteiger partial charge is 0.315 e. The fraction of sp³-hybridized carbons (Fsp3) is 0.540. The van der Waals surface area contributed by atoms with E-state index in [-0.39, 0.29) is 78.8 Å². The fourth-order valence-corrected chi connectivity index (χ4v) is 9.40. The highest BCUT2D eigenvalue weighted by molar-refractivity contribution is 5.99. The number of urea groups is 1. The molecule has 6 amide bonds. The van der Waals surface area contributed by atoms with Gasteiger partial charge in [-0.15, -0.1) is 0 Å². The normalized spacial score (nSPS) is 24.9. The Balaban J connectivity index is 0.898. The van der Waals surface area contributed by atoms with Crippen molar-refractivity contribution in [3.05, 3.63) is 107 Å². The highest BCUT2D eigenvalue weighted by atomic mass is 16.5. The van der Waals surface area contributed by atoms with Gasteiger partial charge in [-0.25, -0.2) is 4.79 Å². The molecule has 12 heteroatoms. The van der Waals surface area contributed by atoms with Gasteiger partial charge in [-0.3, -0.25) is 19.2 Å². The van der Waals surface area contributed by atoms with Crippen LogP contribution in [-0.4, -0.2) is 104 Å². The van der Waals surface area contributed by atoms with Crippen LogP contribution in [0.3, 0.4) is 0 Å². The Kier molecular flexibility index (Phi) is 15.7. The van der Waals surface area contributed by atoms with Crippen molar-refractivity contribution in [2.24, 2.45) is 11.8 Å². The molecule has 7 rings (SSSR count). The molecule has 3 aromatic carbocycles. The summed E-state index contributed by atoms with van der Waals surface area (Å²) in [4.78, 5) is 71.4. The number of amides is 6. The van der Waals surface area contributed by atoms with Gasteiger partial charge in [0.25, 0.3) is 11.8 Å². The third-order valence-corrected chi connectivity index (χ3v) is 13.3. The van der Waals surface area contributed by atoms with E-state index < -0.39 is 11.8 Å². The van der Waals surface area contributed by atoms with Gasteiger partial charge in [-0.05, 0) is 54.7 Å². The average Bonchev–Trinajstić information content (AvgIpc) is 4.15. The standard InChI is InChI=1S/C50H66N6O6/c1-3-4-5-6-7-8-9-10-11-18-27-51-50(61)54-44-32-56(33-45(44)62-2)49(60)37-25-23-36(24-26-37)48(59)55-30-40(46(57)52-42-28-38(42)34-19-14-12-15-20-34)41(31-55)47(58)53-43-29-39(43)35-21-16-13-17-22-35/h12-17,19-26,38-45H,3-11,18,27-33H2,1-2H3,(H,52,57)(H,53,58)(H2,51,54,61)/t38-,39-,40-,41-,42+,43+,44+,45+/m1/s1. The molecule has 332 valence electrons. The van der Waals surface area contributed by atoms with Gasteiger partial charge in [0.1, 0.15) is 0 Å². The van der Waals surface area contributed by atoms with Crippen LogP contribution in [0.4, 0.5) is 4.79 Å². The lowest BCUT2D eigenvalue weighted by Crippen LogP contribution is -2.48. The molecular formula is C50H66N6O6. The molecule has 0 unspecified atom stereocenters. The van der Waals surface area contributed by atoms with Crippen LogP contribution in [0.15, 0.2) is 84.9 Å². The van der Waals surface area contributed by atoms with E-state index in [1.165, 1.54) is 62.5 Å². The maximum atomic E-state index is 14.0. The van der Waals surface area contributed by atoms with Crippen molar-refractivity contribution in [2.75, 3.05) is 39.8 Å². The van der Waals surface area contributed by atoms with Crippen molar-refractivity contribution in [1.82, 2.24) is 31.1 Å². The van der Waals surface area contributed by atoms with Gasteiger partial charge < -0.3 is 35.8 Å². The summed E-state index contributed by atoms with van der Waals surface area (Å²) in [6, 6.07) is 26.1. The van der Waals surface area contributed by atoms with Crippen LogP contribution in [0.2, 0.25) is 0 Å². The van der Waals surface area contributed by atoms with Crippen LogP contribution >= 0.6 is 0 Å². The first-order valence-corrected chi connectivity index (χ1v) is 23.2. The van der Waals surface area contributed by atoms with Crippen molar-refractivity contribution in [3.63, 3.8) is 0 Å². The van der Waals surface area contributed by atoms with Gasteiger partial charge in [-0.1, -0.05) is 125 Å². The van der Waals surface area contributed by atoms with Crippen molar-refractivity contribution >= 4 is 29.7 Å². The van der Waals surface area contributed by atoms with Gasteiger partial charge in [-0.2, -0.15) is 0 Å². The number of nitrogens with zero attached hydrogens (tertiary/aromatic N) is 2. The monoisotopic (exact) mass is 847 g/mol. The molecule has 0 spiro atoms. The second kappa shape index (κ2) is 21.7. The van der Waals surface area contributed by atoms with E-state index in [9.17, 15) is 24.0 Å². The Morgan fingerprint density at radius 2 is 1.00 bits per heavy atom. The molecule has 4 fully saturated rings. The summed E-state index contributed by atoms with van der Waals surface area (Å²) in [5, 5.41) is 12.3. The highest BCUT2D eigenvalue weighted by Crippen LogP contribution is 2.42. The number of methoxy groups -OCH3 is 1. The molecule has 4 aliphatic rings. The van der Waals surface area contributed by atoms with Crippen LogP contribution in [0.5, 0.6) is 0 Å². The molecule has 0 radical (unpaired) electrons. The van der Waals surface area contributed by atoms with E-state index in [1.54, 1.807) is 41.2 Å². The zero-order chi connectivity index (χ0) is 43.4. The molecule has 0 bridgehead atoms. The number of carbonyl (C=O) groups is 5. The first-order valence-electron chi connectivity index (χ1n) is 23.2. The molecule has 3 aromatic rings. The largest absolute Gasteiger partial charge is 0.377 e. The molecule has 8 atom stereocenters. The summed E-state index contributed by atoms with van der Waals surface area (Å²) < 4.78 is 5.67. The zero-order valence-corrected chi connectivity index (χ0v) is 36.6. The highest BCUT2D eigenvalue weighted by Gasteiger charge is 2.49. The summed E-state index contributed by atoms with van der Waals surface area (Å²) >= 11 is 0. The number of carbonyl (C=O) groups excluding carboxylic acids is 5. The van der Waals surface area contributed by atoms with E-state index in [4.69, 9.17) is 4.74 Å². The molecule has 2 aliphatic carbocycles. The molecule has 2 saturated carbocycles. The molecule has 0 aromatic heterocycles. The minimum absolute atomic E-state index is 0.00783. The lowest BCUT2D eigenvalue weighted by molar-refractivity contribution is -0.133. The van der Waals surface area contributed by atoms with E-state index in [2.05, 4.69) is 52.5 Å². The van der Waals surface area contributed by atoms with E-state index in [1.807, 2.05) is 36.4 Å². The summed E-state index contributed by atoms with van der Waals surface area (Å²) in [6.45, 7) is 3.69. The second-order valence-corrected chi connectivity index (χ2v) is 17.9. The van der Waals surface area contributed by atoms with Gasteiger partial charge >= 0.3 is 6.03 Å². The van der Waals surface area contributed by atoms with Crippen molar-refractivity contribution in [1.29, 1.82) is 0 Å². The molecule has 12 nitrogen and oxygen atoms in total. The SMILES string of the molecule is CCCCCCCCCCCCNC(=O)N[C@H]1CN(C(=O)c2ccc(C(=O)N3C[C@@H](C(=O)N[C@H]4C[C@@H]4c4ccccc4)[C@H](C(=O)N[C@H]4C[C@@H]4c4ccccc4)C3)cc2)C[C@@H]1OC. The maximum Gasteiger partial charge on any atom is 0.315 e. The van der Waals surface area contributed by atoms with Gasteiger partial charge in [0.2, 0.25) is 11.8 Å². The van der Waals surface area contributed by atoms with Crippen LogP contribution in [0, 0.1) is 11.8 Å². The van der Waals surface area contributed by atoms with Crippen LogP contribution in [0.1, 0.15) is 128 Å². The van der Waals surface area contributed by atoms with Crippen LogP contribution < -0.4 is 21.3 Å². The number of nitrogens with one attached hydrogen (secondary N) is 4. The third kappa shape index (κ3) is 11.8. The van der Waals surface area contributed by atoms with Gasteiger partial charge in [0.15, 0.2) is 0 Å². The van der Waals surface area contributed by atoms with E-state index in [0.29, 0.717) is 30.8 Å². The number of likely N-dealkylation sites (tertiary alicyclic amines) is 2. The van der Waals surface area contributed by atoms with Crippen molar-refractivity contribution < 1.29 is 28.7 Å². The number of rotatable bonds is 21. The minimum Gasteiger partial charge on any atom is -0.377 e. The Labute approximate surface area is 367 Å². The molecular weight excluding hydrogens is 781 g/mol. The van der Waals surface area contributed by atoms with Crippen molar-refractivity contribution in [2.45, 2.75) is 120 Å². The Hall–Kier alpha value is -5.23. The Bertz CT molecular complexity index is 1890. The lowest BCUT2D eigenvalue weighted by atomic mass is 9.94. The number of benzene rings is 3. The number of ether oxygens (including phenoxy) is 1. The third-order valence-electron chi connectivity index (χ3n) is 13.3. The lowest BCUT2D eigenvalue weighted by Gasteiger charge is -2.19. The second-order valence-electron chi connectivity index (χ2n) is 17.9. The summed E-state index contributed by atoms with van der Waals surface area (Å²) in [7, 11) is 1.58. The first kappa shape index (κ1) is 44.8. The summed E-state index contributed by atoms with van der Waals surface area (Å²) in [5.41, 5.74) is 3.13. The minimum atomic E-state index is -0.696. The average molecular weight is 847 g/mol. The predicted molar refractivity (Wildman–Crippen MR) is 240 cm³/mol. The van der Waals surface area contributed by atoms with Crippen LogP contribution in [-0.2, 0) is 14.3 Å². The zero-order valence-electron chi connectivity index (χ0n) is 36.6. The molecule has 2 heterocycles. The number of hydrogen-bond acceptors (Lipinski definition) is 6. The van der Waals surface area contributed by atoms with E-state index >= 15 is 0 Å². The van der Waals surface area contributed by atoms with Gasteiger partial charge in [0, 0.05) is 74.9 Å². The van der Waals surface area contributed by atoms with Crippen molar-refractivity contribution in [3.8, 4) is 0 Å². The fourth-order valence-electron chi connectivity index (χ4n) is 9.40. The Morgan fingerprint density at radius 1 is 0.548 bits per heavy atom. The quantitative estimate of drug-likeness (QED) is 0.0870. The molecule has 2 aliphatic heterocycles.